The summed E-state index contributed by atoms with van der Waals surface area (Å²) < 4.78 is 9.98. The fraction of sp³-hybridized carbons (Fsp3) is 0.333. The summed E-state index contributed by atoms with van der Waals surface area (Å²) in [4.78, 5) is 34.5. The van der Waals surface area contributed by atoms with E-state index in [1.54, 1.807) is 0 Å². The van der Waals surface area contributed by atoms with Gasteiger partial charge in [0.2, 0.25) is 5.79 Å². The van der Waals surface area contributed by atoms with Crippen LogP contribution in [0.15, 0.2) is 24.3 Å². The van der Waals surface area contributed by atoms with Crippen LogP contribution in [-0.4, -0.2) is 29.2 Å². The molecule has 1 heterocycles. The average molecular weight is 356 g/mol. The Morgan fingerprint density at radius 2 is 1.75 bits per heavy atom. The molecule has 1 atom stereocenters. The van der Waals surface area contributed by atoms with Gasteiger partial charge in [-0.15, -0.1) is 0 Å². The zero-order valence-corrected chi connectivity index (χ0v) is 16.6. The molecule has 1 aliphatic heterocycles. The number of hydrogen-bond acceptors (Lipinski definition) is 7. The van der Waals surface area contributed by atoms with E-state index in [-0.39, 0.29) is 51.4 Å². The Kier molecular flexibility index (Phi) is 6.94. The van der Waals surface area contributed by atoms with Crippen LogP contribution in [0.1, 0.15) is 30.9 Å². The summed E-state index contributed by atoms with van der Waals surface area (Å²) >= 11 is 0. The smallest absolute Gasteiger partial charge is 0.447 e. The fourth-order valence-corrected chi connectivity index (χ4v) is 2.25. The quantitative estimate of drug-likeness (QED) is 0.208. The predicted molar refractivity (Wildman–Crippen MR) is 75.3 cm³/mol. The van der Waals surface area contributed by atoms with Crippen molar-refractivity contribution in [2.24, 2.45) is 0 Å². The molecule has 120 valence electrons. The first kappa shape index (κ1) is 20.6. The molecule has 0 saturated carbocycles. The van der Waals surface area contributed by atoms with Crippen LogP contribution in [0, 0.1) is 27.4 Å². The third-order valence-electron chi connectivity index (χ3n) is 3.24. The van der Waals surface area contributed by atoms with E-state index in [4.69, 9.17) is 14.7 Å². The van der Waals surface area contributed by atoms with Crippen LogP contribution in [0.4, 0.5) is 0 Å². The van der Waals surface area contributed by atoms with Crippen LogP contribution in [-0.2, 0) is 19.1 Å². The van der Waals surface area contributed by atoms with Crippen molar-refractivity contribution < 1.29 is 75.4 Å². The first-order valence-electron chi connectivity index (χ1n) is 6.69. The maximum Gasteiger partial charge on any atom is 1.00 e. The van der Waals surface area contributed by atoms with E-state index in [1.165, 1.54) is 38.1 Å². The summed E-state index contributed by atoms with van der Waals surface area (Å²) in [5, 5.41) is 19.7. The van der Waals surface area contributed by atoms with Crippen molar-refractivity contribution in [3.8, 4) is 6.07 Å². The van der Waals surface area contributed by atoms with Gasteiger partial charge in [0.25, 0.3) is 0 Å². The minimum atomic E-state index is -1.42. The van der Waals surface area contributed by atoms with E-state index in [0.717, 1.165) is 0 Å². The van der Waals surface area contributed by atoms with Gasteiger partial charge in [0, 0.05) is 18.8 Å². The summed E-state index contributed by atoms with van der Waals surface area (Å²) in [6, 6.07) is 7.74. The number of nitriles is 1. The third kappa shape index (κ3) is 4.78. The Hall–Kier alpha value is -1.44. The second kappa shape index (κ2) is 8.09. The van der Waals surface area contributed by atoms with E-state index >= 15 is 0 Å². The maximum atomic E-state index is 12.1. The molecule has 0 radical (unpaired) electrons. The molecule has 0 aromatic heterocycles. The number of cyclic esters (lactones) is 2. The van der Waals surface area contributed by atoms with Gasteiger partial charge in [-0.3, -0.25) is 19.7 Å². The second-order valence-electron chi connectivity index (χ2n) is 5.39. The predicted octanol–water partition coefficient (Wildman–Crippen LogP) is -1.67. The maximum absolute atomic E-state index is 12.1. The first-order valence-corrected chi connectivity index (χ1v) is 6.69. The number of nitro groups is 1. The molecule has 1 aromatic rings. The molecule has 0 spiro atoms. The van der Waals surface area contributed by atoms with Gasteiger partial charge in [0.05, 0.1) is 11.6 Å². The van der Waals surface area contributed by atoms with E-state index < -0.39 is 41.0 Å². The van der Waals surface area contributed by atoms with E-state index in [1.807, 2.05) is 6.07 Å². The van der Waals surface area contributed by atoms with Gasteiger partial charge in [0.15, 0.2) is 18.5 Å². The summed E-state index contributed by atoms with van der Waals surface area (Å²) in [5.74, 6) is -4.84. The van der Waals surface area contributed by atoms with E-state index in [0.29, 0.717) is 11.1 Å². The number of benzene rings is 1. The monoisotopic (exact) mass is 356 g/mol. The van der Waals surface area contributed by atoms with Gasteiger partial charge >= 0.3 is 51.4 Å². The molecular formula is C15H13KN2O6. The Morgan fingerprint density at radius 1 is 1.25 bits per heavy atom. The molecule has 1 aromatic carbocycles. The molecule has 8 nitrogen and oxygen atoms in total. The van der Waals surface area contributed by atoms with Crippen molar-refractivity contribution in [1.29, 1.82) is 5.26 Å². The molecule has 1 fully saturated rings. The Bertz CT molecular complexity index is 675. The molecule has 0 amide bonds. The molecule has 1 unspecified atom stereocenters. The van der Waals surface area contributed by atoms with Crippen LogP contribution >= 0.6 is 0 Å². The number of ether oxygens (including phenoxy) is 2. The molecule has 0 aliphatic carbocycles. The van der Waals surface area contributed by atoms with Gasteiger partial charge in [-0.2, -0.15) is 11.2 Å². The molecule has 0 N–H and O–H groups in total. The van der Waals surface area contributed by atoms with Crippen molar-refractivity contribution in [2.75, 3.05) is 6.54 Å². The SMILES string of the molecule is CC1(C)OC(=O)[C-](C(C[N+](=O)[O-])c2ccc(C#N)cc2)C(=O)O1.[K+]. The summed E-state index contributed by atoms with van der Waals surface area (Å²) in [6.45, 7) is 2.11. The molecule has 0 bridgehead atoms. The summed E-state index contributed by atoms with van der Waals surface area (Å²) in [6.07, 6.45) is 0. The standard InChI is InChI=1S/C15H13N2O6.K/c1-15(2)22-13(18)12(14(19)23-15)11(8-17(20)21)10-5-3-9(7-16)4-6-10;/h3-6,11H,8H2,1-2H3;/q-1;+1. The van der Waals surface area contributed by atoms with Crippen LogP contribution in [0.2, 0.25) is 0 Å². The van der Waals surface area contributed by atoms with Gasteiger partial charge in [0.1, 0.15) is 0 Å². The fourth-order valence-electron chi connectivity index (χ4n) is 2.25. The summed E-state index contributed by atoms with van der Waals surface area (Å²) in [7, 11) is 0. The van der Waals surface area contributed by atoms with Gasteiger partial charge in [-0.05, 0) is 18.1 Å². The van der Waals surface area contributed by atoms with Crippen molar-refractivity contribution in [3.05, 3.63) is 51.4 Å². The molecule has 24 heavy (non-hydrogen) atoms. The summed E-state index contributed by atoms with van der Waals surface area (Å²) in [5.41, 5.74) is 0.706. The Labute approximate surface area is 180 Å². The molecule has 1 saturated heterocycles. The zero-order chi connectivity index (χ0) is 17.2. The van der Waals surface area contributed by atoms with Gasteiger partial charge in [-0.1, -0.05) is 17.7 Å². The minimum absolute atomic E-state index is 0. The largest absolute Gasteiger partial charge is 1.00 e. The van der Waals surface area contributed by atoms with Gasteiger partial charge in [-0.25, -0.2) is 0 Å². The van der Waals surface area contributed by atoms with E-state index in [9.17, 15) is 19.7 Å². The molecular weight excluding hydrogens is 343 g/mol. The average Bonchev–Trinajstić information content (AvgIpc) is 2.44. The van der Waals surface area contributed by atoms with Crippen LogP contribution in [0.25, 0.3) is 0 Å². The number of nitrogens with zero attached hydrogens (tertiary/aromatic N) is 2. The van der Waals surface area contributed by atoms with E-state index in [2.05, 4.69) is 0 Å². The number of esters is 2. The Morgan fingerprint density at radius 3 is 2.17 bits per heavy atom. The number of hydrogen-bond donors (Lipinski definition) is 0. The topological polar surface area (TPSA) is 120 Å². The molecule has 1 aliphatic rings. The minimum Gasteiger partial charge on any atom is -0.447 e. The van der Waals surface area contributed by atoms with Crippen LogP contribution in [0.3, 0.4) is 0 Å². The third-order valence-corrected chi connectivity index (χ3v) is 3.24. The van der Waals surface area contributed by atoms with Crippen LogP contribution in [0.5, 0.6) is 0 Å². The first-order chi connectivity index (χ1) is 10.7. The Balaban J connectivity index is 0.00000288. The molecule has 9 heteroatoms. The number of carbonyl (C=O) groups excluding carboxylic acids is 2. The number of carbonyl (C=O) groups is 2. The number of rotatable bonds is 4. The normalized spacial score (nSPS) is 17.0. The molecule has 2 rings (SSSR count). The van der Waals surface area contributed by atoms with Crippen molar-refractivity contribution >= 4 is 11.9 Å². The van der Waals surface area contributed by atoms with Gasteiger partial charge < -0.3 is 9.47 Å². The van der Waals surface area contributed by atoms with Crippen molar-refractivity contribution in [1.82, 2.24) is 0 Å². The van der Waals surface area contributed by atoms with Crippen molar-refractivity contribution in [3.63, 3.8) is 0 Å². The van der Waals surface area contributed by atoms with Crippen molar-refractivity contribution in [2.45, 2.75) is 25.6 Å². The van der Waals surface area contributed by atoms with Crippen LogP contribution < -0.4 is 51.4 Å². The second-order valence-corrected chi connectivity index (χ2v) is 5.39. The zero-order valence-electron chi connectivity index (χ0n) is 13.4.